The summed E-state index contributed by atoms with van der Waals surface area (Å²) in [7, 11) is 0. The van der Waals surface area contributed by atoms with Gasteiger partial charge in [-0.05, 0) is 62.3 Å². The Morgan fingerprint density at radius 3 is 2.80 bits per heavy atom. The third kappa shape index (κ3) is 6.30. The molecule has 1 aliphatic rings. The predicted octanol–water partition coefficient (Wildman–Crippen LogP) is 4.01. The second kappa shape index (κ2) is 11.7. The number of piperidine rings is 1. The van der Waals surface area contributed by atoms with Gasteiger partial charge in [0, 0.05) is 37.6 Å². The van der Waals surface area contributed by atoms with E-state index in [1.54, 1.807) is 0 Å². The highest BCUT2D eigenvalue weighted by molar-refractivity contribution is 5.89. The molecule has 35 heavy (non-hydrogen) atoms. The number of aromatic nitrogens is 3. The SMILES string of the molecule is C=CC(=O)N1CCCC(Nc2nc(Nc3ccc(OCCN(CC)CC)cc3)nc3[nH]ccc23)C1. The Morgan fingerprint density at radius 1 is 1.26 bits per heavy atom. The molecule has 0 bridgehead atoms. The number of fused-ring (bicyclic) bond motifs is 1. The molecule has 1 aromatic carbocycles. The van der Waals surface area contributed by atoms with Crippen LogP contribution in [0.5, 0.6) is 5.75 Å². The van der Waals surface area contributed by atoms with Crippen molar-refractivity contribution >= 4 is 34.4 Å². The van der Waals surface area contributed by atoms with Gasteiger partial charge in [-0.2, -0.15) is 9.97 Å². The number of hydrogen-bond acceptors (Lipinski definition) is 7. The molecular formula is C26H35N7O2. The van der Waals surface area contributed by atoms with Gasteiger partial charge in [-0.3, -0.25) is 4.79 Å². The van der Waals surface area contributed by atoms with Crippen molar-refractivity contribution in [3.8, 4) is 5.75 Å². The van der Waals surface area contributed by atoms with E-state index in [9.17, 15) is 4.79 Å². The molecule has 1 aliphatic heterocycles. The molecule has 0 radical (unpaired) electrons. The Hall–Kier alpha value is -3.59. The van der Waals surface area contributed by atoms with Crippen LogP contribution < -0.4 is 15.4 Å². The van der Waals surface area contributed by atoms with Gasteiger partial charge in [0.2, 0.25) is 11.9 Å². The topological polar surface area (TPSA) is 98.4 Å². The quantitative estimate of drug-likeness (QED) is 0.359. The average Bonchev–Trinajstić information content (AvgIpc) is 3.36. The van der Waals surface area contributed by atoms with Crippen LogP contribution in [-0.2, 0) is 4.79 Å². The largest absolute Gasteiger partial charge is 0.492 e. The van der Waals surface area contributed by atoms with Crippen LogP contribution in [0.25, 0.3) is 11.0 Å². The number of rotatable bonds is 11. The molecule has 0 saturated carbocycles. The smallest absolute Gasteiger partial charge is 0.246 e. The number of anilines is 3. The van der Waals surface area contributed by atoms with Crippen molar-refractivity contribution in [3.05, 3.63) is 49.2 Å². The molecule has 9 heteroatoms. The summed E-state index contributed by atoms with van der Waals surface area (Å²) in [5.41, 5.74) is 1.62. The van der Waals surface area contributed by atoms with Crippen LogP contribution >= 0.6 is 0 Å². The lowest BCUT2D eigenvalue weighted by atomic mass is 10.1. The number of carbonyl (C=O) groups is 1. The van der Waals surface area contributed by atoms with Gasteiger partial charge in [0.25, 0.3) is 0 Å². The highest BCUT2D eigenvalue weighted by Gasteiger charge is 2.23. The first-order chi connectivity index (χ1) is 17.1. The van der Waals surface area contributed by atoms with Gasteiger partial charge in [0.05, 0.1) is 5.39 Å². The van der Waals surface area contributed by atoms with E-state index in [4.69, 9.17) is 9.72 Å². The van der Waals surface area contributed by atoms with E-state index in [1.165, 1.54) is 6.08 Å². The van der Waals surface area contributed by atoms with Gasteiger partial charge < -0.3 is 30.2 Å². The summed E-state index contributed by atoms with van der Waals surface area (Å²) in [5.74, 6) is 2.04. The summed E-state index contributed by atoms with van der Waals surface area (Å²) < 4.78 is 5.88. The maximum Gasteiger partial charge on any atom is 0.246 e. The Balaban J connectivity index is 1.42. The number of nitrogens with zero attached hydrogens (tertiary/aromatic N) is 4. The minimum atomic E-state index is -0.0335. The standard InChI is InChI=1S/C26H35N7O2/c1-4-23(34)33-15-7-8-20(18-33)28-25-22-13-14-27-24(22)30-26(31-25)29-19-9-11-21(12-10-19)35-17-16-32(5-2)6-3/h4,9-14,20H,1,5-8,15-18H2,2-3H3,(H3,27,28,29,30,31). The van der Waals surface area contributed by atoms with E-state index in [-0.39, 0.29) is 11.9 Å². The van der Waals surface area contributed by atoms with E-state index in [0.717, 1.165) is 67.3 Å². The van der Waals surface area contributed by atoms with Crippen molar-refractivity contribution in [2.75, 3.05) is 50.0 Å². The van der Waals surface area contributed by atoms with E-state index >= 15 is 0 Å². The van der Waals surface area contributed by atoms with Crippen molar-refractivity contribution in [2.45, 2.75) is 32.7 Å². The summed E-state index contributed by atoms with van der Waals surface area (Å²) in [6.07, 6.45) is 5.14. The fraction of sp³-hybridized carbons (Fsp3) is 0.423. The van der Waals surface area contributed by atoms with Crippen molar-refractivity contribution in [3.63, 3.8) is 0 Å². The summed E-state index contributed by atoms with van der Waals surface area (Å²) >= 11 is 0. The van der Waals surface area contributed by atoms with E-state index < -0.39 is 0 Å². The monoisotopic (exact) mass is 477 g/mol. The molecule has 0 aliphatic carbocycles. The number of carbonyl (C=O) groups excluding carboxylic acids is 1. The number of benzene rings is 1. The number of amides is 1. The number of likely N-dealkylation sites (N-methyl/N-ethyl adjacent to an activating group) is 1. The molecule has 9 nitrogen and oxygen atoms in total. The summed E-state index contributed by atoms with van der Waals surface area (Å²) in [6, 6.07) is 9.89. The maximum absolute atomic E-state index is 12.1. The normalized spacial score (nSPS) is 15.9. The van der Waals surface area contributed by atoms with Crippen molar-refractivity contribution < 1.29 is 9.53 Å². The third-order valence-corrected chi connectivity index (χ3v) is 6.35. The first-order valence-electron chi connectivity index (χ1n) is 12.3. The van der Waals surface area contributed by atoms with Crippen LogP contribution in [0.1, 0.15) is 26.7 Å². The van der Waals surface area contributed by atoms with E-state index in [0.29, 0.717) is 19.1 Å². The Bertz CT molecular complexity index is 1120. The first kappa shape index (κ1) is 24.5. The van der Waals surface area contributed by atoms with Gasteiger partial charge in [0.15, 0.2) is 0 Å². The highest BCUT2D eigenvalue weighted by atomic mass is 16.5. The van der Waals surface area contributed by atoms with Gasteiger partial charge in [-0.1, -0.05) is 20.4 Å². The molecule has 3 N–H and O–H groups in total. The molecular weight excluding hydrogens is 442 g/mol. The van der Waals surface area contributed by atoms with E-state index in [2.05, 4.69) is 45.9 Å². The molecule has 3 aromatic rings. The van der Waals surface area contributed by atoms with Crippen LogP contribution in [0.4, 0.5) is 17.5 Å². The number of ether oxygens (including phenoxy) is 1. The third-order valence-electron chi connectivity index (χ3n) is 6.35. The summed E-state index contributed by atoms with van der Waals surface area (Å²) in [5, 5.41) is 7.74. The molecule has 1 unspecified atom stereocenters. The minimum Gasteiger partial charge on any atom is -0.492 e. The Morgan fingerprint density at radius 2 is 2.06 bits per heavy atom. The second-order valence-electron chi connectivity index (χ2n) is 8.63. The number of likely N-dealkylation sites (tertiary alicyclic amines) is 1. The lowest BCUT2D eigenvalue weighted by Gasteiger charge is -2.33. The number of aromatic amines is 1. The van der Waals surface area contributed by atoms with Gasteiger partial charge >= 0.3 is 0 Å². The molecule has 0 spiro atoms. The van der Waals surface area contributed by atoms with Crippen molar-refractivity contribution in [1.82, 2.24) is 24.8 Å². The van der Waals surface area contributed by atoms with E-state index in [1.807, 2.05) is 41.4 Å². The molecule has 2 aromatic heterocycles. The van der Waals surface area contributed by atoms with Crippen LogP contribution in [0, 0.1) is 0 Å². The summed E-state index contributed by atoms with van der Waals surface area (Å²) in [6.45, 7) is 12.9. The Kier molecular flexibility index (Phi) is 8.20. The van der Waals surface area contributed by atoms with Gasteiger partial charge in [-0.25, -0.2) is 0 Å². The maximum atomic E-state index is 12.1. The van der Waals surface area contributed by atoms with Crippen LogP contribution in [0.2, 0.25) is 0 Å². The zero-order chi connectivity index (χ0) is 24.6. The van der Waals surface area contributed by atoms with Crippen molar-refractivity contribution in [1.29, 1.82) is 0 Å². The molecule has 1 saturated heterocycles. The minimum absolute atomic E-state index is 0.0335. The van der Waals surface area contributed by atoms with Crippen molar-refractivity contribution in [2.24, 2.45) is 0 Å². The molecule has 186 valence electrons. The van der Waals surface area contributed by atoms with Gasteiger partial charge in [0.1, 0.15) is 23.8 Å². The van der Waals surface area contributed by atoms with Crippen LogP contribution in [0.15, 0.2) is 49.2 Å². The number of nitrogens with one attached hydrogen (secondary N) is 3. The fourth-order valence-corrected chi connectivity index (χ4v) is 4.32. The fourth-order valence-electron chi connectivity index (χ4n) is 4.32. The number of hydrogen-bond donors (Lipinski definition) is 3. The molecule has 1 amide bonds. The zero-order valence-electron chi connectivity index (χ0n) is 20.6. The number of H-pyrrole nitrogens is 1. The second-order valence-corrected chi connectivity index (χ2v) is 8.63. The Labute approximate surface area is 206 Å². The predicted molar refractivity (Wildman–Crippen MR) is 140 cm³/mol. The highest BCUT2D eigenvalue weighted by Crippen LogP contribution is 2.26. The lowest BCUT2D eigenvalue weighted by molar-refractivity contribution is -0.127. The first-order valence-corrected chi connectivity index (χ1v) is 12.3. The summed E-state index contributed by atoms with van der Waals surface area (Å²) in [4.78, 5) is 28.8. The molecule has 1 atom stereocenters. The molecule has 4 rings (SSSR count). The zero-order valence-corrected chi connectivity index (χ0v) is 20.6. The van der Waals surface area contributed by atoms with Crippen LogP contribution in [-0.4, -0.2) is 76.0 Å². The molecule has 1 fully saturated rings. The van der Waals surface area contributed by atoms with Gasteiger partial charge in [-0.15, -0.1) is 0 Å². The van der Waals surface area contributed by atoms with Crippen LogP contribution in [0.3, 0.4) is 0 Å². The molecule has 3 heterocycles. The lowest BCUT2D eigenvalue weighted by Crippen LogP contribution is -2.44. The average molecular weight is 478 g/mol.